The van der Waals surface area contributed by atoms with Crippen LogP contribution >= 0.6 is 12.2 Å². The number of aromatic nitrogens is 1. The molecule has 2 aromatic rings. The third-order valence-corrected chi connectivity index (χ3v) is 2.33. The average molecular weight is 212 g/mol. The van der Waals surface area contributed by atoms with Gasteiger partial charge in [0.05, 0.1) is 11.6 Å². The number of nitrogens with one attached hydrogen (secondary N) is 1. The number of pyridine rings is 1. The first-order chi connectivity index (χ1) is 7.29. The van der Waals surface area contributed by atoms with Crippen LogP contribution in [0.4, 0.5) is 0 Å². The quantitative estimate of drug-likeness (QED) is 0.737. The highest BCUT2D eigenvalue weighted by atomic mass is 32.1. The summed E-state index contributed by atoms with van der Waals surface area (Å²) in [5.74, 6) is 0. The van der Waals surface area contributed by atoms with Crippen LogP contribution in [0.15, 0.2) is 42.5 Å². The molecule has 0 saturated heterocycles. The third-order valence-electron chi connectivity index (χ3n) is 2.09. The van der Waals surface area contributed by atoms with E-state index in [0.717, 1.165) is 11.3 Å². The molecule has 0 bridgehead atoms. The fourth-order valence-electron chi connectivity index (χ4n) is 1.34. The van der Waals surface area contributed by atoms with Gasteiger partial charge in [-0.3, -0.25) is 0 Å². The molecule has 1 aromatic carbocycles. The number of nitriles is 1. The van der Waals surface area contributed by atoms with Crippen molar-refractivity contribution in [2.75, 3.05) is 0 Å². The molecule has 0 unspecified atom stereocenters. The minimum Gasteiger partial charge on any atom is -0.346 e. The second-order valence-corrected chi connectivity index (χ2v) is 3.56. The third kappa shape index (κ3) is 2.12. The van der Waals surface area contributed by atoms with Gasteiger partial charge in [0.1, 0.15) is 4.64 Å². The lowest BCUT2D eigenvalue weighted by atomic mass is 10.1. The predicted molar refractivity (Wildman–Crippen MR) is 61.8 cm³/mol. The molecular formula is C12H8N2S. The van der Waals surface area contributed by atoms with Gasteiger partial charge in [0.15, 0.2) is 0 Å². The minimum absolute atomic E-state index is 0.660. The molecule has 0 radical (unpaired) electrons. The fourth-order valence-corrected chi connectivity index (χ4v) is 1.53. The van der Waals surface area contributed by atoms with Crippen LogP contribution < -0.4 is 0 Å². The van der Waals surface area contributed by atoms with Gasteiger partial charge in [-0.15, -0.1) is 0 Å². The fraction of sp³-hybridized carbons (Fsp3) is 0. The van der Waals surface area contributed by atoms with Crippen LogP contribution in [0.25, 0.3) is 11.3 Å². The molecule has 3 heteroatoms. The number of rotatable bonds is 1. The van der Waals surface area contributed by atoms with Crippen LogP contribution in [-0.2, 0) is 0 Å². The largest absolute Gasteiger partial charge is 0.346 e. The summed E-state index contributed by atoms with van der Waals surface area (Å²) in [5.41, 5.74) is 2.65. The Hall–Kier alpha value is -1.92. The summed E-state index contributed by atoms with van der Waals surface area (Å²) in [6.45, 7) is 0. The van der Waals surface area contributed by atoms with E-state index in [2.05, 4.69) is 11.1 Å². The van der Waals surface area contributed by atoms with E-state index >= 15 is 0 Å². The van der Waals surface area contributed by atoms with Crippen molar-refractivity contribution in [1.29, 1.82) is 5.26 Å². The summed E-state index contributed by atoms with van der Waals surface area (Å²) in [7, 11) is 0. The lowest BCUT2D eigenvalue weighted by Gasteiger charge is -2.00. The first-order valence-electron chi connectivity index (χ1n) is 4.49. The van der Waals surface area contributed by atoms with E-state index in [1.807, 2.05) is 30.3 Å². The molecule has 0 aliphatic rings. The van der Waals surface area contributed by atoms with E-state index in [-0.39, 0.29) is 0 Å². The zero-order valence-electron chi connectivity index (χ0n) is 7.90. The lowest BCUT2D eigenvalue weighted by molar-refractivity contribution is 1.30. The Morgan fingerprint density at radius 3 is 2.40 bits per heavy atom. The molecule has 0 spiro atoms. The molecule has 2 rings (SSSR count). The zero-order valence-corrected chi connectivity index (χ0v) is 8.71. The molecule has 0 amide bonds. The van der Waals surface area contributed by atoms with Crippen molar-refractivity contribution >= 4 is 12.2 Å². The van der Waals surface area contributed by atoms with Gasteiger partial charge in [-0.25, -0.2) is 0 Å². The van der Waals surface area contributed by atoms with Gasteiger partial charge in [-0.05, 0) is 29.8 Å². The van der Waals surface area contributed by atoms with Crippen LogP contribution in [0, 0.1) is 16.0 Å². The van der Waals surface area contributed by atoms with E-state index in [1.54, 1.807) is 12.1 Å². The van der Waals surface area contributed by atoms with Crippen molar-refractivity contribution in [3.05, 3.63) is 52.7 Å². The number of benzene rings is 1. The first-order valence-corrected chi connectivity index (χ1v) is 4.90. The molecule has 72 valence electrons. The summed E-state index contributed by atoms with van der Waals surface area (Å²) in [6, 6.07) is 15.2. The van der Waals surface area contributed by atoms with Crippen molar-refractivity contribution in [1.82, 2.24) is 4.98 Å². The standard InChI is InChI=1S/C12H8N2S/c13-8-9-4-6-10(7-5-9)11-2-1-3-12(15)14-11/h1-7H,(H,14,15). The van der Waals surface area contributed by atoms with Crippen LogP contribution in [0.2, 0.25) is 0 Å². The van der Waals surface area contributed by atoms with Gasteiger partial charge >= 0.3 is 0 Å². The topological polar surface area (TPSA) is 39.6 Å². The Balaban J connectivity index is 2.47. The van der Waals surface area contributed by atoms with E-state index in [1.165, 1.54) is 0 Å². The minimum atomic E-state index is 0.660. The molecule has 1 N–H and O–H groups in total. The number of nitrogens with zero attached hydrogens (tertiary/aromatic N) is 1. The predicted octanol–water partition coefficient (Wildman–Crippen LogP) is 3.28. The average Bonchev–Trinajstić information content (AvgIpc) is 2.29. The van der Waals surface area contributed by atoms with Gasteiger partial charge in [0.2, 0.25) is 0 Å². The normalized spacial score (nSPS) is 9.53. The zero-order chi connectivity index (χ0) is 10.7. The second kappa shape index (κ2) is 4.07. The molecule has 0 saturated carbocycles. The van der Waals surface area contributed by atoms with E-state index in [9.17, 15) is 0 Å². The Morgan fingerprint density at radius 2 is 1.80 bits per heavy atom. The van der Waals surface area contributed by atoms with E-state index < -0.39 is 0 Å². The van der Waals surface area contributed by atoms with Crippen LogP contribution in [-0.4, -0.2) is 4.98 Å². The van der Waals surface area contributed by atoms with Gasteiger partial charge < -0.3 is 4.98 Å². The maximum Gasteiger partial charge on any atom is 0.103 e. The highest BCUT2D eigenvalue weighted by molar-refractivity contribution is 7.71. The Bertz CT molecular complexity index is 561. The monoisotopic (exact) mass is 212 g/mol. The maximum atomic E-state index is 8.67. The van der Waals surface area contributed by atoms with Crippen LogP contribution in [0.1, 0.15) is 5.56 Å². The molecule has 15 heavy (non-hydrogen) atoms. The van der Waals surface area contributed by atoms with Crippen LogP contribution in [0.3, 0.4) is 0 Å². The van der Waals surface area contributed by atoms with Crippen LogP contribution in [0.5, 0.6) is 0 Å². The summed E-state index contributed by atoms with van der Waals surface area (Å²) >= 11 is 5.04. The van der Waals surface area contributed by atoms with Crippen molar-refractivity contribution in [2.45, 2.75) is 0 Å². The molecule has 0 fully saturated rings. The molecule has 1 aromatic heterocycles. The highest BCUT2D eigenvalue weighted by Gasteiger charge is 1.96. The van der Waals surface area contributed by atoms with E-state index in [4.69, 9.17) is 17.5 Å². The molecule has 0 atom stereocenters. The van der Waals surface area contributed by atoms with Crippen molar-refractivity contribution < 1.29 is 0 Å². The lowest BCUT2D eigenvalue weighted by Crippen LogP contribution is -1.83. The molecular weight excluding hydrogens is 204 g/mol. The second-order valence-electron chi connectivity index (χ2n) is 3.12. The Morgan fingerprint density at radius 1 is 1.07 bits per heavy atom. The Kier molecular flexibility index (Phi) is 2.61. The highest BCUT2D eigenvalue weighted by Crippen LogP contribution is 2.16. The first kappa shape index (κ1) is 9.63. The number of hydrogen-bond acceptors (Lipinski definition) is 2. The molecule has 0 aliphatic carbocycles. The Labute approximate surface area is 92.8 Å². The maximum absolute atomic E-state index is 8.67. The van der Waals surface area contributed by atoms with Gasteiger partial charge in [0.25, 0.3) is 0 Å². The van der Waals surface area contributed by atoms with Gasteiger partial charge in [-0.2, -0.15) is 5.26 Å². The van der Waals surface area contributed by atoms with Crippen molar-refractivity contribution in [2.24, 2.45) is 0 Å². The summed E-state index contributed by atoms with van der Waals surface area (Å²) in [4.78, 5) is 3.09. The molecule has 2 nitrogen and oxygen atoms in total. The smallest absolute Gasteiger partial charge is 0.103 e. The number of hydrogen-bond donors (Lipinski definition) is 1. The summed E-state index contributed by atoms with van der Waals surface area (Å²) < 4.78 is 0.705. The SMILES string of the molecule is N#Cc1ccc(-c2cccc(=S)[nH]2)cc1. The van der Waals surface area contributed by atoms with Crippen molar-refractivity contribution in [3.63, 3.8) is 0 Å². The van der Waals surface area contributed by atoms with Crippen molar-refractivity contribution in [3.8, 4) is 17.3 Å². The summed E-state index contributed by atoms with van der Waals surface area (Å²) in [6.07, 6.45) is 0. The number of aromatic amines is 1. The summed E-state index contributed by atoms with van der Waals surface area (Å²) in [5, 5.41) is 8.67. The number of H-pyrrole nitrogens is 1. The molecule has 1 heterocycles. The van der Waals surface area contributed by atoms with Gasteiger partial charge in [-0.1, -0.05) is 30.4 Å². The van der Waals surface area contributed by atoms with Gasteiger partial charge in [0, 0.05) is 5.69 Å². The van der Waals surface area contributed by atoms with E-state index in [0.29, 0.717) is 10.2 Å². The molecule has 0 aliphatic heterocycles.